The molecule has 1 unspecified atom stereocenters. The largest absolute Gasteiger partial charge is 0.389 e. The first-order valence-electron chi connectivity index (χ1n) is 6.62. The van der Waals surface area contributed by atoms with E-state index in [0.29, 0.717) is 0 Å². The van der Waals surface area contributed by atoms with E-state index in [1.54, 1.807) is 6.92 Å². The molecule has 0 aliphatic rings. The molecular formula is C15H19BrN2O. The van der Waals surface area contributed by atoms with Crippen LogP contribution in [0.2, 0.25) is 0 Å². The van der Waals surface area contributed by atoms with Crippen LogP contribution in [0.3, 0.4) is 0 Å². The van der Waals surface area contributed by atoms with Crippen LogP contribution in [0.4, 0.5) is 0 Å². The molecule has 0 spiro atoms. The van der Waals surface area contributed by atoms with Crippen molar-refractivity contribution in [1.29, 1.82) is 0 Å². The molecule has 0 aliphatic carbocycles. The van der Waals surface area contributed by atoms with Crippen LogP contribution in [0.15, 0.2) is 28.7 Å². The van der Waals surface area contributed by atoms with Crippen molar-refractivity contribution in [2.75, 3.05) is 0 Å². The number of aromatic nitrogens is 2. The molecule has 1 N–H and O–H groups in total. The lowest BCUT2D eigenvalue weighted by Gasteiger charge is -2.14. The second-order valence-electron chi connectivity index (χ2n) is 4.63. The van der Waals surface area contributed by atoms with Gasteiger partial charge in [-0.05, 0) is 38.0 Å². The molecule has 0 saturated heterocycles. The topological polar surface area (TPSA) is 38.0 Å². The maximum atomic E-state index is 9.93. The van der Waals surface area contributed by atoms with Crippen molar-refractivity contribution in [1.82, 2.24) is 9.78 Å². The summed E-state index contributed by atoms with van der Waals surface area (Å²) in [5, 5.41) is 14.6. The predicted molar refractivity (Wildman–Crippen MR) is 80.7 cm³/mol. The SMILES string of the molecule is CCc1cc(CC)n(-c2cc(Br)ccc2C(C)O)n1. The van der Waals surface area contributed by atoms with Gasteiger partial charge in [-0.2, -0.15) is 5.10 Å². The maximum Gasteiger partial charge on any atom is 0.0782 e. The Morgan fingerprint density at radius 3 is 2.58 bits per heavy atom. The second-order valence-corrected chi connectivity index (χ2v) is 5.54. The van der Waals surface area contributed by atoms with E-state index < -0.39 is 6.10 Å². The molecule has 2 aromatic rings. The Morgan fingerprint density at radius 1 is 1.26 bits per heavy atom. The van der Waals surface area contributed by atoms with Gasteiger partial charge in [-0.1, -0.05) is 35.8 Å². The van der Waals surface area contributed by atoms with E-state index >= 15 is 0 Å². The average molecular weight is 323 g/mol. The van der Waals surface area contributed by atoms with Gasteiger partial charge in [0.05, 0.1) is 17.5 Å². The molecule has 19 heavy (non-hydrogen) atoms. The van der Waals surface area contributed by atoms with Crippen molar-refractivity contribution in [3.63, 3.8) is 0 Å². The number of hydrogen-bond acceptors (Lipinski definition) is 2. The summed E-state index contributed by atoms with van der Waals surface area (Å²) in [5.41, 5.74) is 4.08. The minimum atomic E-state index is -0.512. The van der Waals surface area contributed by atoms with Crippen LogP contribution in [0.5, 0.6) is 0 Å². The van der Waals surface area contributed by atoms with Gasteiger partial charge in [0.25, 0.3) is 0 Å². The molecule has 0 radical (unpaired) electrons. The smallest absolute Gasteiger partial charge is 0.0782 e. The molecule has 0 bridgehead atoms. The van der Waals surface area contributed by atoms with E-state index in [1.165, 1.54) is 0 Å². The average Bonchev–Trinajstić information content (AvgIpc) is 2.81. The van der Waals surface area contributed by atoms with Gasteiger partial charge >= 0.3 is 0 Å². The Labute approximate surface area is 122 Å². The molecule has 1 aromatic heterocycles. The van der Waals surface area contributed by atoms with E-state index in [9.17, 15) is 5.11 Å². The van der Waals surface area contributed by atoms with Gasteiger partial charge in [-0.3, -0.25) is 0 Å². The summed E-state index contributed by atoms with van der Waals surface area (Å²) in [6.07, 6.45) is 1.32. The zero-order chi connectivity index (χ0) is 14.0. The van der Waals surface area contributed by atoms with Gasteiger partial charge in [-0.25, -0.2) is 4.68 Å². The molecule has 1 aromatic carbocycles. The van der Waals surface area contributed by atoms with Gasteiger partial charge < -0.3 is 5.11 Å². The van der Waals surface area contributed by atoms with Gasteiger partial charge in [0, 0.05) is 15.7 Å². The fraction of sp³-hybridized carbons (Fsp3) is 0.400. The summed E-state index contributed by atoms with van der Waals surface area (Å²) in [6.45, 7) is 6.00. The van der Waals surface area contributed by atoms with Crippen molar-refractivity contribution in [2.24, 2.45) is 0 Å². The number of aryl methyl sites for hydroxylation is 2. The molecule has 0 saturated carbocycles. The number of rotatable bonds is 4. The molecule has 0 amide bonds. The summed E-state index contributed by atoms with van der Waals surface area (Å²) in [4.78, 5) is 0. The first-order valence-corrected chi connectivity index (χ1v) is 7.41. The fourth-order valence-corrected chi connectivity index (χ4v) is 2.51. The van der Waals surface area contributed by atoms with Gasteiger partial charge in [0.15, 0.2) is 0 Å². The van der Waals surface area contributed by atoms with Crippen molar-refractivity contribution in [3.8, 4) is 5.69 Å². The normalized spacial score (nSPS) is 12.7. The van der Waals surface area contributed by atoms with Crippen LogP contribution in [0, 0.1) is 0 Å². The van der Waals surface area contributed by atoms with Crippen molar-refractivity contribution >= 4 is 15.9 Å². The van der Waals surface area contributed by atoms with E-state index in [1.807, 2.05) is 22.9 Å². The number of aliphatic hydroxyl groups is 1. The molecular weight excluding hydrogens is 304 g/mol. The van der Waals surface area contributed by atoms with Crippen LogP contribution in [-0.4, -0.2) is 14.9 Å². The summed E-state index contributed by atoms with van der Waals surface area (Å²) in [6, 6.07) is 8.03. The predicted octanol–water partition coefficient (Wildman–Crippen LogP) is 3.81. The number of hydrogen-bond donors (Lipinski definition) is 1. The highest BCUT2D eigenvalue weighted by Gasteiger charge is 2.14. The molecule has 0 fully saturated rings. The highest BCUT2D eigenvalue weighted by molar-refractivity contribution is 9.10. The third kappa shape index (κ3) is 2.90. The van der Waals surface area contributed by atoms with Crippen molar-refractivity contribution < 1.29 is 5.11 Å². The zero-order valence-corrected chi connectivity index (χ0v) is 13.1. The Morgan fingerprint density at radius 2 is 2.00 bits per heavy atom. The van der Waals surface area contributed by atoms with Crippen LogP contribution < -0.4 is 0 Å². The van der Waals surface area contributed by atoms with Crippen molar-refractivity contribution in [2.45, 2.75) is 39.7 Å². The minimum absolute atomic E-state index is 0.512. The first-order chi connectivity index (χ1) is 9.06. The Kier molecular flexibility index (Phi) is 4.42. The number of benzene rings is 1. The van der Waals surface area contributed by atoms with Crippen molar-refractivity contribution in [3.05, 3.63) is 45.7 Å². The lowest BCUT2D eigenvalue weighted by atomic mass is 10.1. The van der Waals surface area contributed by atoms with Crippen LogP contribution in [0.25, 0.3) is 5.69 Å². The lowest BCUT2D eigenvalue weighted by Crippen LogP contribution is -2.07. The summed E-state index contributed by atoms with van der Waals surface area (Å²) >= 11 is 3.49. The molecule has 102 valence electrons. The van der Waals surface area contributed by atoms with Gasteiger partial charge in [0.2, 0.25) is 0 Å². The van der Waals surface area contributed by atoms with E-state index in [4.69, 9.17) is 0 Å². The Balaban J connectivity index is 2.63. The van der Waals surface area contributed by atoms with E-state index in [0.717, 1.165) is 40.0 Å². The van der Waals surface area contributed by atoms with E-state index in [-0.39, 0.29) is 0 Å². The van der Waals surface area contributed by atoms with E-state index in [2.05, 4.69) is 40.9 Å². The quantitative estimate of drug-likeness (QED) is 0.929. The maximum absolute atomic E-state index is 9.93. The molecule has 1 atom stereocenters. The van der Waals surface area contributed by atoms with Crippen LogP contribution >= 0.6 is 15.9 Å². The molecule has 0 aliphatic heterocycles. The number of halogens is 1. The number of nitrogens with zero attached hydrogens (tertiary/aromatic N) is 2. The molecule has 3 nitrogen and oxygen atoms in total. The third-order valence-electron chi connectivity index (χ3n) is 3.23. The molecule has 2 rings (SSSR count). The fourth-order valence-electron chi connectivity index (χ4n) is 2.16. The van der Waals surface area contributed by atoms with Gasteiger partial charge in [0.1, 0.15) is 0 Å². The lowest BCUT2D eigenvalue weighted by molar-refractivity contribution is 0.199. The summed E-state index contributed by atoms with van der Waals surface area (Å²) < 4.78 is 2.94. The first kappa shape index (κ1) is 14.3. The minimum Gasteiger partial charge on any atom is -0.389 e. The summed E-state index contributed by atoms with van der Waals surface area (Å²) in [7, 11) is 0. The third-order valence-corrected chi connectivity index (χ3v) is 3.72. The van der Waals surface area contributed by atoms with Crippen LogP contribution in [-0.2, 0) is 12.8 Å². The molecule has 1 heterocycles. The highest BCUT2D eigenvalue weighted by Crippen LogP contribution is 2.26. The number of aliphatic hydroxyl groups excluding tert-OH is 1. The summed E-state index contributed by atoms with van der Waals surface area (Å²) in [5.74, 6) is 0. The Bertz CT molecular complexity index is 576. The highest BCUT2D eigenvalue weighted by atomic mass is 79.9. The zero-order valence-electron chi connectivity index (χ0n) is 11.5. The second kappa shape index (κ2) is 5.88. The molecule has 4 heteroatoms. The van der Waals surface area contributed by atoms with Crippen LogP contribution in [0.1, 0.15) is 43.8 Å². The monoisotopic (exact) mass is 322 g/mol. The van der Waals surface area contributed by atoms with Gasteiger partial charge in [-0.15, -0.1) is 0 Å². The standard InChI is InChI=1S/C15H19BrN2O/c1-4-12-9-13(5-2)18(17-12)15-8-11(16)6-7-14(15)10(3)19/h6-10,19H,4-5H2,1-3H3. The Hall–Kier alpha value is -1.13.